The summed E-state index contributed by atoms with van der Waals surface area (Å²) in [6.45, 7) is 5.94. The summed E-state index contributed by atoms with van der Waals surface area (Å²) >= 11 is 2.22. The third-order valence-corrected chi connectivity index (χ3v) is 3.56. The van der Waals surface area contributed by atoms with Crippen LogP contribution in [0.5, 0.6) is 0 Å². The van der Waals surface area contributed by atoms with Gasteiger partial charge in [0.05, 0.1) is 5.69 Å². The summed E-state index contributed by atoms with van der Waals surface area (Å²) in [5, 5.41) is 2.95. The Balaban J connectivity index is 2.80. The van der Waals surface area contributed by atoms with Gasteiger partial charge in [-0.2, -0.15) is 0 Å². The third-order valence-electron chi connectivity index (χ3n) is 2.62. The van der Waals surface area contributed by atoms with Crippen molar-refractivity contribution in [2.45, 2.75) is 27.2 Å². The van der Waals surface area contributed by atoms with Crippen LogP contribution in [-0.4, -0.2) is 5.91 Å². The number of nitrogens with one attached hydrogen (secondary N) is 1. The van der Waals surface area contributed by atoms with Crippen LogP contribution in [0.4, 0.5) is 5.69 Å². The van der Waals surface area contributed by atoms with Crippen LogP contribution >= 0.6 is 22.6 Å². The monoisotopic (exact) mass is 317 g/mol. The van der Waals surface area contributed by atoms with Crippen molar-refractivity contribution in [2.24, 2.45) is 5.41 Å². The first-order chi connectivity index (χ1) is 6.97. The molecule has 0 radical (unpaired) electrons. The highest BCUT2D eigenvalue weighted by molar-refractivity contribution is 14.1. The summed E-state index contributed by atoms with van der Waals surface area (Å²) in [6.07, 6.45) is 0.836. The molecule has 0 saturated heterocycles. The Morgan fingerprint density at radius 2 is 2.00 bits per heavy atom. The standard InChI is InChI=1S/C12H16INO/c1-4-12(2,3)11(15)14-10-8-6-5-7-9(10)13/h5-8H,4H2,1-3H3,(H,14,15). The van der Waals surface area contributed by atoms with Crippen LogP contribution < -0.4 is 5.32 Å². The van der Waals surface area contributed by atoms with Crippen LogP contribution in [0.25, 0.3) is 0 Å². The number of hydrogen-bond acceptors (Lipinski definition) is 1. The summed E-state index contributed by atoms with van der Waals surface area (Å²) in [5.74, 6) is 0.0779. The highest BCUT2D eigenvalue weighted by Gasteiger charge is 2.25. The number of anilines is 1. The van der Waals surface area contributed by atoms with E-state index in [1.165, 1.54) is 0 Å². The number of amides is 1. The fraction of sp³-hybridized carbons (Fsp3) is 0.417. The van der Waals surface area contributed by atoms with Gasteiger partial charge in [-0.15, -0.1) is 0 Å². The molecule has 2 nitrogen and oxygen atoms in total. The SMILES string of the molecule is CCC(C)(C)C(=O)Nc1ccccc1I. The molecule has 1 amide bonds. The zero-order valence-corrected chi connectivity index (χ0v) is 11.5. The smallest absolute Gasteiger partial charge is 0.230 e. The van der Waals surface area contributed by atoms with Crippen molar-refractivity contribution in [1.82, 2.24) is 0 Å². The van der Waals surface area contributed by atoms with Crippen molar-refractivity contribution in [3.05, 3.63) is 27.8 Å². The van der Waals surface area contributed by atoms with E-state index in [1.807, 2.05) is 45.0 Å². The molecule has 0 fully saturated rings. The van der Waals surface area contributed by atoms with Gasteiger partial charge >= 0.3 is 0 Å². The van der Waals surface area contributed by atoms with Crippen LogP contribution in [0.15, 0.2) is 24.3 Å². The molecular formula is C12H16INO. The maximum absolute atomic E-state index is 11.9. The molecule has 0 bridgehead atoms. The van der Waals surface area contributed by atoms with E-state index in [1.54, 1.807) is 0 Å². The molecule has 82 valence electrons. The second kappa shape index (κ2) is 4.96. The van der Waals surface area contributed by atoms with Gasteiger partial charge in [-0.1, -0.05) is 32.9 Å². The van der Waals surface area contributed by atoms with Gasteiger partial charge in [0.2, 0.25) is 5.91 Å². The molecule has 0 atom stereocenters. The Labute approximate surface area is 105 Å². The molecule has 1 rings (SSSR count). The van der Waals surface area contributed by atoms with Crippen molar-refractivity contribution in [3.8, 4) is 0 Å². The summed E-state index contributed by atoms with van der Waals surface area (Å²) < 4.78 is 1.07. The highest BCUT2D eigenvalue weighted by atomic mass is 127. The Hall–Kier alpha value is -0.580. The molecule has 0 aliphatic carbocycles. The number of halogens is 1. The first-order valence-electron chi connectivity index (χ1n) is 5.03. The molecule has 0 aromatic heterocycles. The maximum Gasteiger partial charge on any atom is 0.230 e. The molecular weight excluding hydrogens is 301 g/mol. The minimum absolute atomic E-state index is 0.0779. The van der Waals surface area contributed by atoms with Crippen LogP contribution in [0.1, 0.15) is 27.2 Å². The van der Waals surface area contributed by atoms with E-state index in [0.717, 1.165) is 15.7 Å². The van der Waals surface area contributed by atoms with Gasteiger partial charge in [0.15, 0.2) is 0 Å². The lowest BCUT2D eigenvalue weighted by Crippen LogP contribution is -2.30. The molecule has 0 aliphatic rings. The molecule has 1 aromatic carbocycles. The first-order valence-corrected chi connectivity index (χ1v) is 6.11. The van der Waals surface area contributed by atoms with Gasteiger partial charge in [-0.3, -0.25) is 4.79 Å². The van der Waals surface area contributed by atoms with Crippen LogP contribution in [0, 0.1) is 8.99 Å². The van der Waals surface area contributed by atoms with E-state index in [4.69, 9.17) is 0 Å². The molecule has 0 heterocycles. The third kappa shape index (κ3) is 3.19. The van der Waals surface area contributed by atoms with Gasteiger partial charge in [0.25, 0.3) is 0 Å². The molecule has 1 aromatic rings. The summed E-state index contributed by atoms with van der Waals surface area (Å²) in [7, 11) is 0. The number of carbonyl (C=O) groups is 1. The second-order valence-electron chi connectivity index (χ2n) is 4.17. The molecule has 0 saturated carbocycles. The maximum atomic E-state index is 11.9. The lowest BCUT2D eigenvalue weighted by molar-refractivity contribution is -0.124. The average Bonchev–Trinajstić information content (AvgIpc) is 2.21. The van der Waals surface area contributed by atoms with Crippen LogP contribution in [0.3, 0.4) is 0 Å². The summed E-state index contributed by atoms with van der Waals surface area (Å²) in [4.78, 5) is 11.9. The van der Waals surface area contributed by atoms with Gasteiger partial charge in [0.1, 0.15) is 0 Å². The van der Waals surface area contributed by atoms with Gasteiger partial charge in [-0.25, -0.2) is 0 Å². The van der Waals surface area contributed by atoms with E-state index < -0.39 is 0 Å². The van der Waals surface area contributed by atoms with Crippen molar-refractivity contribution >= 4 is 34.2 Å². The largest absolute Gasteiger partial charge is 0.325 e. The molecule has 1 N–H and O–H groups in total. The van der Waals surface area contributed by atoms with Crippen molar-refractivity contribution < 1.29 is 4.79 Å². The molecule has 3 heteroatoms. The Morgan fingerprint density at radius 1 is 1.40 bits per heavy atom. The fourth-order valence-electron chi connectivity index (χ4n) is 1.01. The number of benzene rings is 1. The number of para-hydroxylation sites is 1. The Bertz CT molecular complexity index is 360. The van der Waals surface area contributed by atoms with Crippen LogP contribution in [0.2, 0.25) is 0 Å². The van der Waals surface area contributed by atoms with Gasteiger partial charge in [0, 0.05) is 8.99 Å². The minimum atomic E-state index is -0.307. The Morgan fingerprint density at radius 3 is 2.53 bits per heavy atom. The first kappa shape index (κ1) is 12.5. The highest BCUT2D eigenvalue weighted by Crippen LogP contribution is 2.24. The number of hydrogen-bond donors (Lipinski definition) is 1. The average molecular weight is 317 g/mol. The van der Waals surface area contributed by atoms with Gasteiger partial charge < -0.3 is 5.32 Å². The predicted molar refractivity (Wildman–Crippen MR) is 71.9 cm³/mol. The molecule has 0 spiro atoms. The zero-order chi connectivity index (χ0) is 11.5. The molecule has 0 unspecified atom stereocenters. The van der Waals surface area contributed by atoms with Crippen molar-refractivity contribution in [3.63, 3.8) is 0 Å². The quantitative estimate of drug-likeness (QED) is 0.847. The topological polar surface area (TPSA) is 29.1 Å². The summed E-state index contributed by atoms with van der Waals surface area (Å²) in [6, 6.07) is 7.79. The predicted octanol–water partition coefficient (Wildman–Crippen LogP) is 3.67. The normalized spacial score (nSPS) is 11.2. The second-order valence-corrected chi connectivity index (χ2v) is 5.33. The number of rotatable bonds is 3. The fourth-order valence-corrected chi connectivity index (χ4v) is 1.54. The van der Waals surface area contributed by atoms with Gasteiger partial charge in [-0.05, 0) is 41.1 Å². The van der Waals surface area contributed by atoms with E-state index in [0.29, 0.717) is 0 Å². The van der Waals surface area contributed by atoms with Crippen molar-refractivity contribution in [1.29, 1.82) is 0 Å². The molecule has 15 heavy (non-hydrogen) atoms. The Kier molecular flexibility index (Phi) is 4.13. The van der Waals surface area contributed by atoms with E-state index in [2.05, 4.69) is 27.9 Å². The zero-order valence-electron chi connectivity index (χ0n) is 9.30. The van der Waals surface area contributed by atoms with E-state index in [9.17, 15) is 4.79 Å². The minimum Gasteiger partial charge on any atom is -0.325 e. The van der Waals surface area contributed by atoms with E-state index >= 15 is 0 Å². The number of carbonyl (C=O) groups excluding carboxylic acids is 1. The summed E-state index contributed by atoms with van der Waals surface area (Å²) in [5.41, 5.74) is 0.587. The van der Waals surface area contributed by atoms with Crippen LogP contribution in [-0.2, 0) is 4.79 Å². The lowest BCUT2D eigenvalue weighted by atomic mass is 9.89. The van der Waals surface area contributed by atoms with E-state index in [-0.39, 0.29) is 11.3 Å². The lowest BCUT2D eigenvalue weighted by Gasteiger charge is -2.21. The molecule has 0 aliphatic heterocycles. The van der Waals surface area contributed by atoms with Crippen molar-refractivity contribution in [2.75, 3.05) is 5.32 Å².